The van der Waals surface area contributed by atoms with Gasteiger partial charge in [-0.3, -0.25) is 0 Å². The van der Waals surface area contributed by atoms with Crippen LogP contribution in [0.1, 0.15) is 42.5 Å². The lowest BCUT2D eigenvalue weighted by molar-refractivity contribution is 0.794. The molecule has 0 aromatic carbocycles. The van der Waals surface area contributed by atoms with E-state index in [9.17, 15) is 0 Å². The minimum Gasteiger partial charge on any atom is -0.351 e. The van der Waals surface area contributed by atoms with Crippen LogP contribution in [0.3, 0.4) is 0 Å². The Kier molecular flexibility index (Phi) is 3.54. The summed E-state index contributed by atoms with van der Waals surface area (Å²) in [5.74, 6) is 1.75. The summed E-state index contributed by atoms with van der Waals surface area (Å²) in [6.45, 7) is 2.16. The van der Waals surface area contributed by atoms with Crippen molar-refractivity contribution < 1.29 is 0 Å². The van der Waals surface area contributed by atoms with Gasteiger partial charge in [-0.25, -0.2) is 4.98 Å². The summed E-state index contributed by atoms with van der Waals surface area (Å²) in [6.07, 6.45) is 7.20. The van der Waals surface area contributed by atoms with Crippen molar-refractivity contribution in [3.63, 3.8) is 0 Å². The molecule has 4 rings (SSSR count). The van der Waals surface area contributed by atoms with Crippen LogP contribution < -0.4 is 5.32 Å². The number of aryl methyl sites for hydroxylation is 1. The summed E-state index contributed by atoms with van der Waals surface area (Å²) >= 11 is 1.77. The maximum Gasteiger partial charge on any atom is 0.227 e. The summed E-state index contributed by atoms with van der Waals surface area (Å²) in [5, 5.41) is 10.1. The number of anilines is 1. The zero-order chi connectivity index (χ0) is 14.9. The first kappa shape index (κ1) is 13.7. The lowest BCUT2D eigenvalue weighted by Crippen LogP contribution is -2.12. The van der Waals surface area contributed by atoms with Crippen molar-refractivity contribution in [2.45, 2.75) is 45.1 Å². The molecule has 1 aliphatic carbocycles. The van der Waals surface area contributed by atoms with Crippen molar-refractivity contribution >= 4 is 22.9 Å². The number of nitrogens with zero attached hydrogens (tertiary/aromatic N) is 4. The van der Waals surface area contributed by atoms with Crippen molar-refractivity contribution in [3.05, 3.63) is 40.0 Å². The molecule has 0 aliphatic heterocycles. The van der Waals surface area contributed by atoms with E-state index < -0.39 is 0 Å². The molecule has 3 aromatic heterocycles. The van der Waals surface area contributed by atoms with Gasteiger partial charge in [0.05, 0.1) is 6.20 Å². The Hall–Kier alpha value is -1.95. The molecule has 0 atom stereocenters. The number of aromatic nitrogens is 4. The van der Waals surface area contributed by atoms with E-state index in [0.717, 1.165) is 36.7 Å². The predicted octanol–water partition coefficient (Wildman–Crippen LogP) is 3.30. The molecule has 6 heteroatoms. The molecular formula is C16H19N5S. The van der Waals surface area contributed by atoms with Crippen LogP contribution in [0.15, 0.2) is 23.7 Å². The monoisotopic (exact) mass is 313 g/mol. The molecular weight excluding hydrogens is 294 g/mol. The molecule has 0 amide bonds. The summed E-state index contributed by atoms with van der Waals surface area (Å²) in [4.78, 5) is 10.7. The van der Waals surface area contributed by atoms with Crippen molar-refractivity contribution in [1.82, 2.24) is 19.6 Å². The second-order valence-electron chi connectivity index (χ2n) is 5.79. The number of fused-ring (bicyclic) bond motifs is 1. The van der Waals surface area contributed by atoms with E-state index in [1.54, 1.807) is 11.3 Å². The highest BCUT2D eigenvalue weighted by Gasteiger charge is 2.23. The third kappa shape index (κ3) is 2.70. The predicted molar refractivity (Wildman–Crippen MR) is 88.5 cm³/mol. The Morgan fingerprint density at radius 2 is 2.27 bits per heavy atom. The van der Waals surface area contributed by atoms with E-state index >= 15 is 0 Å². The number of rotatable bonds is 6. The van der Waals surface area contributed by atoms with Crippen molar-refractivity contribution in [2.24, 2.45) is 0 Å². The van der Waals surface area contributed by atoms with Gasteiger partial charge >= 0.3 is 0 Å². The van der Waals surface area contributed by atoms with Crippen LogP contribution in [0.25, 0.3) is 5.65 Å². The van der Waals surface area contributed by atoms with Gasteiger partial charge in [0.1, 0.15) is 5.82 Å². The zero-order valence-corrected chi connectivity index (χ0v) is 13.4. The summed E-state index contributed by atoms with van der Waals surface area (Å²) in [7, 11) is 0. The highest BCUT2D eigenvalue weighted by atomic mass is 32.1. The molecule has 114 valence electrons. The molecule has 3 aromatic rings. The zero-order valence-electron chi connectivity index (χ0n) is 12.6. The van der Waals surface area contributed by atoms with Crippen molar-refractivity contribution in [1.29, 1.82) is 0 Å². The van der Waals surface area contributed by atoms with E-state index in [2.05, 4.69) is 39.8 Å². The quantitative estimate of drug-likeness (QED) is 0.758. The van der Waals surface area contributed by atoms with Crippen LogP contribution in [-0.2, 0) is 12.8 Å². The maximum atomic E-state index is 4.75. The lowest BCUT2D eigenvalue weighted by atomic mass is 10.2. The summed E-state index contributed by atoms with van der Waals surface area (Å²) < 4.78 is 1.86. The average molecular weight is 313 g/mol. The van der Waals surface area contributed by atoms with Crippen molar-refractivity contribution in [3.8, 4) is 0 Å². The highest BCUT2D eigenvalue weighted by molar-refractivity contribution is 7.09. The van der Waals surface area contributed by atoms with E-state index in [1.807, 2.05) is 10.7 Å². The normalized spacial score (nSPS) is 14.6. The van der Waals surface area contributed by atoms with E-state index in [1.165, 1.54) is 23.3 Å². The smallest absolute Gasteiger partial charge is 0.227 e. The largest absolute Gasteiger partial charge is 0.351 e. The maximum absolute atomic E-state index is 4.75. The number of nitrogens with one attached hydrogen (secondary N) is 1. The Balaban J connectivity index is 1.75. The Bertz CT molecular complexity index is 773. The molecule has 0 spiro atoms. The van der Waals surface area contributed by atoms with Gasteiger partial charge in [-0.1, -0.05) is 13.0 Å². The van der Waals surface area contributed by atoms with E-state index in [4.69, 9.17) is 4.98 Å². The number of thiophene rings is 1. The molecule has 0 bridgehead atoms. The van der Waals surface area contributed by atoms with Gasteiger partial charge in [-0.15, -0.1) is 11.3 Å². The second-order valence-corrected chi connectivity index (χ2v) is 6.83. The SMILES string of the molecule is CCCc1nc(NC2CC2)n2ncc(Cc3cccs3)c2n1. The fourth-order valence-electron chi connectivity index (χ4n) is 2.53. The van der Waals surface area contributed by atoms with Gasteiger partial charge in [0.15, 0.2) is 5.65 Å². The molecule has 0 radical (unpaired) electrons. The average Bonchev–Trinajstić information content (AvgIpc) is 3.02. The molecule has 1 N–H and O–H groups in total. The molecule has 5 nitrogen and oxygen atoms in total. The second kappa shape index (κ2) is 5.68. The Labute approximate surface area is 133 Å². The molecule has 0 saturated heterocycles. The first-order valence-electron chi connectivity index (χ1n) is 7.86. The topological polar surface area (TPSA) is 55.1 Å². The minimum atomic E-state index is 0.553. The van der Waals surface area contributed by atoms with Gasteiger partial charge in [0, 0.05) is 29.3 Å². The first-order chi connectivity index (χ1) is 10.8. The fraction of sp³-hybridized carbons (Fsp3) is 0.438. The van der Waals surface area contributed by atoms with Crippen LogP contribution in [0, 0.1) is 0 Å². The minimum absolute atomic E-state index is 0.553. The molecule has 3 heterocycles. The third-order valence-corrected chi connectivity index (χ3v) is 4.69. The van der Waals surface area contributed by atoms with Crippen molar-refractivity contribution in [2.75, 3.05) is 5.32 Å². The van der Waals surface area contributed by atoms with Gasteiger partial charge < -0.3 is 5.32 Å². The fourth-order valence-corrected chi connectivity index (χ4v) is 3.26. The van der Waals surface area contributed by atoms with Crippen LogP contribution >= 0.6 is 11.3 Å². The van der Waals surface area contributed by atoms with Crippen LogP contribution in [0.5, 0.6) is 0 Å². The summed E-state index contributed by atoms with van der Waals surface area (Å²) in [5.41, 5.74) is 2.11. The molecule has 1 aliphatic rings. The van der Waals surface area contributed by atoms with E-state index in [-0.39, 0.29) is 0 Å². The molecule has 0 unspecified atom stereocenters. The van der Waals surface area contributed by atoms with Gasteiger partial charge in [-0.05, 0) is 30.7 Å². The molecule has 1 saturated carbocycles. The van der Waals surface area contributed by atoms with Gasteiger partial charge in [-0.2, -0.15) is 14.6 Å². The number of hydrogen-bond donors (Lipinski definition) is 1. The first-order valence-corrected chi connectivity index (χ1v) is 8.74. The lowest BCUT2D eigenvalue weighted by Gasteiger charge is -2.08. The Morgan fingerprint density at radius 1 is 1.36 bits per heavy atom. The van der Waals surface area contributed by atoms with E-state index in [0.29, 0.717) is 6.04 Å². The van der Waals surface area contributed by atoms with Crippen LogP contribution in [0.2, 0.25) is 0 Å². The third-order valence-electron chi connectivity index (χ3n) is 3.82. The highest BCUT2D eigenvalue weighted by Crippen LogP contribution is 2.25. The number of hydrogen-bond acceptors (Lipinski definition) is 5. The Morgan fingerprint density at radius 3 is 3.00 bits per heavy atom. The molecule has 22 heavy (non-hydrogen) atoms. The molecule has 1 fully saturated rings. The standard InChI is InChI=1S/C16H19N5S/c1-2-4-14-19-15-11(9-13-5-3-8-22-13)10-17-21(15)16(20-14)18-12-6-7-12/h3,5,8,10,12H,2,4,6-7,9H2,1H3,(H,18,19,20). The summed E-state index contributed by atoms with van der Waals surface area (Å²) in [6, 6.07) is 4.80. The van der Waals surface area contributed by atoms with Crippen LogP contribution in [0.4, 0.5) is 5.95 Å². The van der Waals surface area contributed by atoms with Gasteiger partial charge in [0.25, 0.3) is 0 Å². The van der Waals surface area contributed by atoms with Crippen LogP contribution in [-0.4, -0.2) is 25.6 Å². The van der Waals surface area contributed by atoms with Gasteiger partial charge in [0.2, 0.25) is 5.95 Å².